The Balaban J connectivity index is 1.78. The topological polar surface area (TPSA) is 47.2 Å². The van der Waals surface area contributed by atoms with Gasteiger partial charge in [-0.2, -0.15) is 13.2 Å². The van der Waals surface area contributed by atoms with Gasteiger partial charge in [0.15, 0.2) is 0 Å². The van der Waals surface area contributed by atoms with Crippen molar-refractivity contribution in [1.82, 2.24) is 9.88 Å². The molecule has 0 saturated heterocycles. The summed E-state index contributed by atoms with van der Waals surface area (Å²) in [7, 11) is 0. The van der Waals surface area contributed by atoms with Gasteiger partial charge in [-0.15, -0.1) is 0 Å². The van der Waals surface area contributed by atoms with Crippen LogP contribution in [0.1, 0.15) is 38.6 Å². The molecule has 0 spiro atoms. The molecule has 0 radical (unpaired) electrons. The van der Waals surface area contributed by atoms with Crippen LogP contribution in [0, 0.1) is 19.7 Å². The van der Waals surface area contributed by atoms with Gasteiger partial charge >= 0.3 is 6.18 Å². The van der Waals surface area contributed by atoms with Crippen LogP contribution in [-0.4, -0.2) is 10.5 Å². The smallest absolute Gasteiger partial charge is 0.416 e. The number of amides is 1. The highest BCUT2D eigenvalue weighted by Gasteiger charge is 2.33. The predicted molar refractivity (Wildman–Crippen MR) is 94.3 cm³/mol. The Kier molecular flexibility index (Phi) is 5.31. The first-order valence-corrected chi connectivity index (χ1v) is 8.49. The molecule has 0 aliphatic heterocycles. The van der Waals surface area contributed by atoms with E-state index in [0.29, 0.717) is 23.9 Å². The number of halogens is 4. The van der Waals surface area contributed by atoms with Crippen molar-refractivity contribution in [3.63, 3.8) is 0 Å². The molecule has 0 unspecified atom stereocenters. The molecule has 8 heteroatoms. The molecule has 1 N–H and O–H groups in total. The fraction of sp³-hybridized carbons (Fsp3) is 0.250. The van der Waals surface area contributed by atoms with Crippen molar-refractivity contribution in [2.24, 2.45) is 0 Å². The number of benzene rings is 1. The molecule has 3 aromatic rings. The number of hydrogen-bond acceptors (Lipinski definition) is 2. The lowest BCUT2D eigenvalue weighted by atomic mass is 10.1. The summed E-state index contributed by atoms with van der Waals surface area (Å²) in [5.74, 6) is -0.769. The second-order valence-electron chi connectivity index (χ2n) is 6.43. The van der Waals surface area contributed by atoms with Crippen LogP contribution in [0.4, 0.5) is 17.6 Å². The Bertz CT molecular complexity index is 989. The second-order valence-corrected chi connectivity index (χ2v) is 6.43. The van der Waals surface area contributed by atoms with E-state index in [1.165, 1.54) is 0 Å². The number of alkyl halides is 3. The quantitative estimate of drug-likeness (QED) is 0.630. The van der Waals surface area contributed by atoms with Crippen LogP contribution in [0.25, 0.3) is 0 Å². The Hall–Kier alpha value is -3.03. The van der Waals surface area contributed by atoms with Crippen molar-refractivity contribution in [3.8, 4) is 0 Å². The van der Waals surface area contributed by atoms with Crippen LogP contribution in [0.15, 0.2) is 47.1 Å². The molecule has 0 aliphatic carbocycles. The third-order valence-electron chi connectivity index (χ3n) is 4.53. The molecule has 28 heavy (non-hydrogen) atoms. The highest BCUT2D eigenvalue weighted by molar-refractivity contribution is 5.95. The monoisotopic (exact) mass is 394 g/mol. The van der Waals surface area contributed by atoms with E-state index in [4.69, 9.17) is 4.42 Å². The van der Waals surface area contributed by atoms with Gasteiger partial charge in [-0.05, 0) is 49.7 Å². The zero-order chi connectivity index (χ0) is 20.5. The highest BCUT2D eigenvalue weighted by Crippen LogP contribution is 2.32. The Morgan fingerprint density at radius 1 is 1.18 bits per heavy atom. The first-order chi connectivity index (χ1) is 13.2. The zero-order valence-corrected chi connectivity index (χ0v) is 15.2. The number of aromatic nitrogens is 1. The molecule has 3 rings (SSSR count). The van der Waals surface area contributed by atoms with Gasteiger partial charge in [-0.3, -0.25) is 4.79 Å². The number of nitrogens with one attached hydrogen (secondary N) is 1. The fourth-order valence-corrected chi connectivity index (χ4v) is 3.07. The maximum atomic E-state index is 13.2. The van der Waals surface area contributed by atoms with Crippen molar-refractivity contribution in [1.29, 1.82) is 0 Å². The van der Waals surface area contributed by atoms with Crippen LogP contribution in [-0.2, 0) is 19.3 Å². The Morgan fingerprint density at radius 3 is 2.57 bits per heavy atom. The molecule has 0 saturated carbocycles. The average molecular weight is 394 g/mol. The van der Waals surface area contributed by atoms with Crippen molar-refractivity contribution in [2.45, 2.75) is 33.1 Å². The number of rotatable bonds is 5. The first-order valence-electron chi connectivity index (χ1n) is 8.49. The van der Waals surface area contributed by atoms with E-state index in [1.54, 1.807) is 25.3 Å². The summed E-state index contributed by atoms with van der Waals surface area (Å²) < 4.78 is 59.7. The molecule has 0 fully saturated rings. The minimum absolute atomic E-state index is 0.202. The highest BCUT2D eigenvalue weighted by atomic mass is 19.4. The standard InChI is InChI=1S/C20H18F4N2O2/c1-12-8-17(13(2)26(12)11-16-4-3-7-28-16)19(27)25-10-14-5-6-15(21)9-18(14)20(22,23)24/h3-9H,10-11H2,1-2H3,(H,25,27). The summed E-state index contributed by atoms with van der Waals surface area (Å²) in [6.45, 7) is 3.66. The van der Waals surface area contributed by atoms with E-state index in [-0.39, 0.29) is 12.1 Å². The maximum Gasteiger partial charge on any atom is 0.416 e. The van der Waals surface area contributed by atoms with Crippen LogP contribution in [0.5, 0.6) is 0 Å². The van der Waals surface area contributed by atoms with Gasteiger partial charge < -0.3 is 14.3 Å². The lowest BCUT2D eigenvalue weighted by Gasteiger charge is -2.14. The molecule has 0 bridgehead atoms. The van der Waals surface area contributed by atoms with Gasteiger partial charge in [0.05, 0.1) is 23.9 Å². The first kappa shape index (κ1) is 19.7. The Morgan fingerprint density at radius 2 is 1.93 bits per heavy atom. The van der Waals surface area contributed by atoms with Crippen LogP contribution >= 0.6 is 0 Å². The lowest BCUT2D eigenvalue weighted by Crippen LogP contribution is -2.25. The van der Waals surface area contributed by atoms with Gasteiger partial charge in [0.2, 0.25) is 0 Å². The number of carbonyl (C=O) groups excluding carboxylic acids is 1. The van der Waals surface area contributed by atoms with Crippen molar-refractivity contribution in [2.75, 3.05) is 0 Å². The molecule has 2 heterocycles. The SMILES string of the molecule is Cc1cc(C(=O)NCc2ccc(F)cc2C(F)(F)F)c(C)n1Cc1ccco1. The average Bonchev–Trinajstić information content (AvgIpc) is 3.23. The minimum atomic E-state index is -4.71. The predicted octanol–water partition coefficient (Wildman–Crippen LogP) is 4.83. The van der Waals surface area contributed by atoms with Crippen LogP contribution in [0.2, 0.25) is 0 Å². The molecule has 4 nitrogen and oxygen atoms in total. The number of carbonyl (C=O) groups is 1. The number of nitrogens with zero attached hydrogens (tertiary/aromatic N) is 1. The van der Waals surface area contributed by atoms with Crippen LogP contribution < -0.4 is 5.32 Å². The van der Waals surface area contributed by atoms with Gasteiger partial charge in [-0.1, -0.05) is 6.07 Å². The van der Waals surface area contributed by atoms with Gasteiger partial charge in [0.25, 0.3) is 5.91 Å². The van der Waals surface area contributed by atoms with Crippen molar-refractivity contribution < 1.29 is 26.8 Å². The third-order valence-corrected chi connectivity index (χ3v) is 4.53. The number of furan rings is 1. The summed E-state index contributed by atoms with van der Waals surface area (Å²) >= 11 is 0. The number of hydrogen-bond donors (Lipinski definition) is 1. The second kappa shape index (κ2) is 7.53. The zero-order valence-electron chi connectivity index (χ0n) is 15.2. The molecule has 0 atom stereocenters. The summed E-state index contributed by atoms with van der Waals surface area (Å²) in [4.78, 5) is 12.5. The van der Waals surface area contributed by atoms with Crippen molar-refractivity contribution in [3.05, 3.63) is 82.3 Å². The van der Waals surface area contributed by atoms with Crippen molar-refractivity contribution >= 4 is 5.91 Å². The summed E-state index contributed by atoms with van der Waals surface area (Å²) in [6, 6.07) is 7.63. The van der Waals surface area contributed by atoms with E-state index >= 15 is 0 Å². The molecular weight excluding hydrogens is 376 g/mol. The van der Waals surface area contributed by atoms with Crippen LogP contribution in [0.3, 0.4) is 0 Å². The molecule has 2 aromatic heterocycles. The largest absolute Gasteiger partial charge is 0.467 e. The van der Waals surface area contributed by atoms with E-state index in [9.17, 15) is 22.4 Å². The van der Waals surface area contributed by atoms with E-state index in [1.807, 2.05) is 17.6 Å². The summed E-state index contributed by atoms with van der Waals surface area (Å²) in [6.07, 6.45) is -3.15. The van der Waals surface area contributed by atoms with Gasteiger partial charge in [-0.25, -0.2) is 4.39 Å². The maximum absolute atomic E-state index is 13.2. The van der Waals surface area contributed by atoms with E-state index in [2.05, 4.69) is 5.32 Å². The van der Waals surface area contributed by atoms with Gasteiger partial charge in [0.1, 0.15) is 11.6 Å². The third kappa shape index (κ3) is 4.11. The normalized spacial score (nSPS) is 11.6. The minimum Gasteiger partial charge on any atom is -0.467 e. The molecule has 1 aromatic carbocycles. The van der Waals surface area contributed by atoms with Gasteiger partial charge in [0, 0.05) is 17.9 Å². The number of aryl methyl sites for hydroxylation is 1. The van der Waals surface area contributed by atoms with E-state index in [0.717, 1.165) is 23.6 Å². The van der Waals surface area contributed by atoms with E-state index < -0.39 is 23.5 Å². The molecule has 148 valence electrons. The lowest BCUT2D eigenvalue weighted by molar-refractivity contribution is -0.138. The molecule has 0 aliphatic rings. The fourth-order valence-electron chi connectivity index (χ4n) is 3.07. The Labute approximate surface area is 158 Å². The molecular formula is C20H18F4N2O2. The summed E-state index contributed by atoms with van der Waals surface area (Å²) in [5.41, 5.74) is 0.542. The molecule has 1 amide bonds. The summed E-state index contributed by atoms with van der Waals surface area (Å²) in [5, 5.41) is 2.49.